The Morgan fingerprint density at radius 2 is 1.88 bits per heavy atom. The fourth-order valence-corrected chi connectivity index (χ4v) is 3.22. The molecule has 1 saturated heterocycles. The first kappa shape index (κ1) is 19.0. The number of benzene rings is 1. The number of likely N-dealkylation sites (tertiary alicyclic amines) is 1. The number of rotatable bonds is 5. The van der Waals surface area contributed by atoms with Gasteiger partial charge in [-0.05, 0) is 44.0 Å². The van der Waals surface area contributed by atoms with Gasteiger partial charge in [0.15, 0.2) is 0 Å². The van der Waals surface area contributed by atoms with Gasteiger partial charge < -0.3 is 15.0 Å². The van der Waals surface area contributed by atoms with E-state index in [-0.39, 0.29) is 17.9 Å². The minimum Gasteiger partial charge on any atom is -0.466 e. The van der Waals surface area contributed by atoms with Crippen molar-refractivity contribution in [2.24, 2.45) is 5.92 Å². The Balaban J connectivity index is 1.93. The van der Waals surface area contributed by atoms with Crippen molar-refractivity contribution in [2.45, 2.75) is 19.8 Å². The van der Waals surface area contributed by atoms with E-state index in [1.807, 2.05) is 0 Å². The number of sulfonamides is 1. The van der Waals surface area contributed by atoms with Crippen molar-refractivity contribution in [3.8, 4) is 0 Å². The van der Waals surface area contributed by atoms with Crippen molar-refractivity contribution in [2.75, 3.05) is 36.0 Å². The molecule has 8 nitrogen and oxygen atoms in total. The van der Waals surface area contributed by atoms with Crippen LogP contribution in [0.1, 0.15) is 19.8 Å². The highest BCUT2D eigenvalue weighted by Gasteiger charge is 2.29. The van der Waals surface area contributed by atoms with Crippen LogP contribution in [0.15, 0.2) is 24.3 Å². The van der Waals surface area contributed by atoms with Gasteiger partial charge >= 0.3 is 12.0 Å². The summed E-state index contributed by atoms with van der Waals surface area (Å²) in [6.07, 6.45) is 2.53. The average Bonchev–Trinajstić information content (AvgIpc) is 2.55. The molecule has 1 heterocycles. The number of carbonyl (C=O) groups is 2. The molecule has 0 saturated carbocycles. The first-order chi connectivity index (χ1) is 11.8. The van der Waals surface area contributed by atoms with E-state index < -0.39 is 10.0 Å². The molecule has 1 aliphatic heterocycles. The molecule has 138 valence electrons. The first-order valence-electron chi connectivity index (χ1n) is 8.09. The molecule has 0 spiro atoms. The van der Waals surface area contributed by atoms with E-state index in [4.69, 9.17) is 4.74 Å². The minimum absolute atomic E-state index is 0.267. The van der Waals surface area contributed by atoms with Crippen LogP contribution in [0.4, 0.5) is 16.2 Å². The van der Waals surface area contributed by atoms with Crippen LogP contribution in [-0.2, 0) is 19.6 Å². The third-order valence-corrected chi connectivity index (χ3v) is 4.37. The summed E-state index contributed by atoms with van der Waals surface area (Å²) in [5.41, 5.74) is 0.961. The van der Waals surface area contributed by atoms with Crippen LogP contribution < -0.4 is 10.0 Å². The summed E-state index contributed by atoms with van der Waals surface area (Å²) in [5, 5.41) is 2.75. The molecule has 0 aromatic heterocycles. The van der Waals surface area contributed by atoms with E-state index in [0.29, 0.717) is 37.5 Å². The minimum atomic E-state index is -3.34. The highest BCUT2D eigenvalue weighted by molar-refractivity contribution is 7.92. The molecule has 0 radical (unpaired) electrons. The summed E-state index contributed by atoms with van der Waals surface area (Å²) in [5.74, 6) is -0.558. The summed E-state index contributed by atoms with van der Waals surface area (Å²) in [4.78, 5) is 25.8. The van der Waals surface area contributed by atoms with Crippen molar-refractivity contribution in [1.82, 2.24) is 4.90 Å². The topological polar surface area (TPSA) is 105 Å². The van der Waals surface area contributed by atoms with Gasteiger partial charge in [0.25, 0.3) is 0 Å². The number of piperidine rings is 1. The van der Waals surface area contributed by atoms with Crippen molar-refractivity contribution in [3.05, 3.63) is 24.3 Å². The molecule has 1 atom stereocenters. The zero-order valence-electron chi connectivity index (χ0n) is 14.3. The van der Waals surface area contributed by atoms with Gasteiger partial charge in [-0.3, -0.25) is 9.52 Å². The van der Waals surface area contributed by atoms with E-state index in [0.717, 1.165) is 12.7 Å². The summed E-state index contributed by atoms with van der Waals surface area (Å²) in [6.45, 7) is 3.00. The Morgan fingerprint density at radius 3 is 2.48 bits per heavy atom. The molecule has 1 aliphatic rings. The number of amides is 2. The number of hydrogen-bond acceptors (Lipinski definition) is 5. The van der Waals surface area contributed by atoms with Gasteiger partial charge in [0.05, 0.1) is 18.8 Å². The van der Waals surface area contributed by atoms with E-state index in [9.17, 15) is 18.0 Å². The second-order valence-corrected chi connectivity index (χ2v) is 7.67. The van der Waals surface area contributed by atoms with Gasteiger partial charge in [-0.2, -0.15) is 0 Å². The molecule has 25 heavy (non-hydrogen) atoms. The molecule has 0 bridgehead atoms. The number of anilines is 2. The van der Waals surface area contributed by atoms with E-state index in [1.54, 1.807) is 36.1 Å². The number of nitrogens with zero attached hydrogens (tertiary/aromatic N) is 1. The maximum Gasteiger partial charge on any atom is 0.321 e. The van der Waals surface area contributed by atoms with E-state index >= 15 is 0 Å². The van der Waals surface area contributed by atoms with Crippen LogP contribution in [0.25, 0.3) is 0 Å². The third-order valence-electron chi connectivity index (χ3n) is 3.77. The van der Waals surface area contributed by atoms with Gasteiger partial charge in [-0.15, -0.1) is 0 Å². The Hall–Kier alpha value is -2.29. The van der Waals surface area contributed by atoms with Crippen molar-refractivity contribution >= 4 is 33.4 Å². The molecule has 9 heteroatoms. The van der Waals surface area contributed by atoms with Gasteiger partial charge in [-0.1, -0.05) is 0 Å². The van der Waals surface area contributed by atoms with Crippen molar-refractivity contribution < 1.29 is 22.7 Å². The van der Waals surface area contributed by atoms with Crippen LogP contribution in [0.5, 0.6) is 0 Å². The molecule has 1 aromatic carbocycles. The van der Waals surface area contributed by atoms with Crippen LogP contribution in [-0.4, -0.2) is 51.3 Å². The van der Waals surface area contributed by atoms with Gasteiger partial charge in [-0.25, -0.2) is 13.2 Å². The monoisotopic (exact) mass is 369 g/mol. The van der Waals surface area contributed by atoms with Crippen LogP contribution in [0.2, 0.25) is 0 Å². The lowest BCUT2D eigenvalue weighted by atomic mass is 9.98. The summed E-state index contributed by atoms with van der Waals surface area (Å²) in [6, 6.07) is 6.05. The van der Waals surface area contributed by atoms with E-state index in [1.165, 1.54) is 0 Å². The Morgan fingerprint density at radius 1 is 1.24 bits per heavy atom. The maximum atomic E-state index is 12.4. The SMILES string of the molecule is CCOC(=O)C1CCCN(C(=O)Nc2ccc(NS(C)(=O)=O)cc2)C1. The Labute approximate surface area is 147 Å². The summed E-state index contributed by atoms with van der Waals surface area (Å²) < 4.78 is 29.7. The number of ether oxygens (including phenoxy) is 1. The van der Waals surface area contributed by atoms with E-state index in [2.05, 4.69) is 10.0 Å². The maximum absolute atomic E-state index is 12.4. The van der Waals surface area contributed by atoms with Crippen molar-refractivity contribution in [3.63, 3.8) is 0 Å². The molecule has 0 aliphatic carbocycles. The molecule has 1 fully saturated rings. The molecule has 2 rings (SSSR count). The second kappa shape index (κ2) is 8.19. The number of esters is 1. The fraction of sp³-hybridized carbons (Fsp3) is 0.500. The average molecular weight is 369 g/mol. The molecular weight excluding hydrogens is 346 g/mol. The lowest BCUT2D eigenvalue weighted by Crippen LogP contribution is -2.44. The quantitative estimate of drug-likeness (QED) is 0.771. The Kier molecular flexibility index (Phi) is 6.24. The van der Waals surface area contributed by atoms with Crippen LogP contribution in [0, 0.1) is 5.92 Å². The normalized spacial score (nSPS) is 17.7. The smallest absolute Gasteiger partial charge is 0.321 e. The second-order valence-electron chi connectivity index (χ2n) is 5.92. The number of hydrogen-bond donors (Lipinski definition) is 2. The molecular formula is C16H23N3O5S. The predicted molar refractivity (Wildman–Crippen MR) is 94.9 cm³/mol. The standard InChI is InChI=1S/C16H23N3O5S/c1-3-24-15(20)12-5-4-10-19(11-12)16(21)17-13-6-8-14(9-7-13)18-25(2,22)23/h6-9,12,18H,3-5,10-11H2,1-2H3,(H,17,21). The summed E-state index contributed by atoms with van der Waals surface area (Å²) >= 11 is 0. The zero-order valence-corrected chi connectivity index (χ0v) is 15.1. The molecule has 1 aromatic rings. The molecule has 1 unspecified atom stereocenters. The lowest BCUT2D eigenvalue weighted by molar-refractivity contribution is -0.149. The number of carbonyl (C=O) groups excluding carboxylic acids is 2. The fourth-order valence-electron chi connectivity index (χ4n) is 2.65. The number of nitrogens with one attached hydrogen (secondary N) is 2. The highest BCUT2D eigenvalue weighted by Crippen LogP contribution is 2.20. The molecule has 2 N–H and O–H groups in total. The predicted octanol–water partition coefficient (Wildman–Crippen LogP) is 1.87. The zero-order chi connectivity index (χ0) is 18.4. The number of urea groups is 1. The largest absolute Gasteiger partial charge is 0.466 e. The first-order valence-corrected chi connectivity index (χ1v) is 9.98. The summed E-state index contributed by atoms with van der Waals surface area (Å²) in [7, 11) is -3.34. The molecule has 2 amide bonds. The van der Waals surface area contributed by atoms with Crippen LogP contribution in [0.3, 0.4) is 0 Å². The van der Waals surface area contributed by atoms with Gasteiger partial charge in [0, 0.05) is 24.5 Å². The lowest BCUT2D eigenvalue weighted by Gasteiger charge is -2.31. The van der Waals surface area contributed by atoms with Gasteiger partial charge in [0.1, 0.15) is 0 Å². The van der Waals surface area contributed by atoms with Gasteiger partial charge in [0.2, 0.25) is 10.0 Å². The third kappa shape index (κ3) is 5.93. The van der Waals surface area contributed by atoms with Crippen molar-refractivity contribution in [1.29, 1.82) is 0 Å². The highest BCUT2D eigenvalue weighted by atomic mass is 32.2. The Bertz CT molecular complexity index is 718. The van der Waals surface area contributed by atoms with Crippen LogP contribution >= 0.6 is 0 Å².